The Kier molecular flexibility index (Phi) is 3.62. The highest BCUT2D eigenvalue weighted by Crippen LogP contribution is 2.37. The summed E-state index contributed by atoms with van der Waals surface area (Å²) >= 11 is 0. The van der Waals surface area contributed by atoms with Gasteiger partial charge >= 0.3 is 5.97 Å². The highest BCUT2D eigenvalue weighted by Gasteiger charge is 2.29. The summed E-state index contributed by atoms with van der Waals surface area (Å²) in [7, 11) is 1.32. The Morgan fingerprint density at radius 1 is 1.22 bits per heavy atom. The lowest BCUT2D eigenvalue weighted by molar-refractivity contribution is 0.0600. The van der Waals surface area contributed by atoms with Crippen LogP contribution in [0.15, 0.2) is 42.2 Å². The lowest BCUT2D eigenvalue weighted by Crippen LogP contribution is -2.01. The number of fused-ring (bicyclic) bond motifs is 1. The number of esters is 1. The van der Waals surface area contributed by atoms with Crippen LogP contribution in [-0.4, -0.2) is 24.0 Å². The molecule has 1 N–H and O–H groups in total. The normalized spacial score (nSPS) is 14.5. The molecule has 0 radical (unpaired) electrons. The summed E-state index contributed by atoms with van der Waals surface area (Å²) in [5, 5.41) is 9.59. The van der Waals surface area contributed by atoms with E-state index in [-0.39, 0.29) is 17.3 Å². The molecule has 3 rings (SSSR count). The molecule has 0 saturated heterocycles. The maximum Gasteiger partial charge on any atom is 0.337 e. The number of phenols is 1. The van der Waals surface area contributed by atoms with Gasteiger partial charge in [0.15, 0.2) is 5.76 Å². The topological polar surface area (TPSA) is 72.8 Å². The van der Waals surface area contributed by atoms with Crippen LogP contribution in [0.2, 0.25) is 0 Å². The third-order valence-electron chi connectivity index (χ3n) is 3.58. The van der Waals surface area contributed by atoms with Gasteiger partial charge < -0.3 is 14.6 Å². The summed E-state index contributed by atoms with van der Waals surface area (Å²) in [5.41, 5.74) is 2.27. The molecular weight excluding hydrogens is 296 g/mol. The van der Waals surface area contributed by atoms with Crippen molar-refractivity contribution in [3.8, 4) is 11.5 Å². The summed E-state index contributed by atoms with van der Waals surface area (Å²) < 4.78 is 10.2. The zero-order chi connectivity index (χ0) is 16.6. The number of methoxy groups -OCH3 is 1. The number of hydrogen-bond donors (Lipinski definition) is 1. The number of rotatable bonds is 2. The predicted molar refractivity (Wildman–Crippen MR) is 83.6 cm³/mol. The minimum Gasteiger partial charge on any atom is -0.508 e. The smallest absolute Gasteiger partial charge is 0.337 e. The molecule has 0 atom stereocenters. The van der Waals surface area contributed by atoms with Crippen LogP contribution in [0, 0.1) is 6.92 Å². The van der Waals surface area contributed by atoms with Crippen LogP contribution < -0.4 is 4.74 Å². The van der Waals surface area contributed by atoms with Crippen LogP contribution in [0.25, 0.3) is 6.08 Å². The van der Waals surface area contributed by atoms with E-state index in [0.717, 1.165) is 5.56 Å². The molecule has 0 fully saturated rings. The number of carbonyl (C=O) groups excluding carboxylic acids is 2. The fourth-order valence-electron chi connectivity index (χ4n) is 2.48. The molecular formula is C18H14O5. The number of carbonyl (C=O) groups is 2. The van der Waals surface area contributed by atoms with E-state index in [1.165, 1.54) is 19.2 Å². The molecule has 2 aromatic rings. The Morgan fingerprint density at radius 3 is 2.57 bits per heavy atom. The van der Waals surface area contributed by atoms with Gasteiger partial charge in [0.2, 0.25) is 5.78 Å². The summed E-state index contributed by atoms with van der Waals surface area (Å²) in [6.07, 6.45) is 1.60. The van der Waals surface area contributed by atoms with Crippen molar-refractivity contribution in [1.82, 2.24) is 0 Å². The Morgan fingerprint density at radius 2 is 1.91 bits per heavy atom. The molecule has 0 amide bonds. The highest BCUT2D eigenvalue weighted by molar-refractivity contribution is 6.15. The molecule has 1 aliphatic heterocycles. The van der Waals surface area contributed by atoms with Crippen molar-refractivity contribution in [1.29, 1.82) is 0 Å². The Balaban J connectivity index is 1.92. The van der Waals surface area contributed by atoms with E-state index >= 15 is 0 Å². The molecule has 0 bridgehead atoms. The van der Waals surface area contributed by atoms with Gasteiger partial charge in [-0.25, -0.2) is 4.79 Å². The fraction of sp³-hybridized carbons (Fsp3) is 0.111. The number of Topliss-reactive ketones (excluding diaryl/α,β-unsaturated/α-hetero) is 1. The van der Waals surface area contributed by atoms with Gasteiger partial charge in [-0.05, 0) is 42.3 Å². The van der Waals surface area contributed by atoms with Gasteiger partial charge in [0.25, 0.3) is 0 Å². The zero-order valence-corrected chi connectivity index (χ0v) is 12.6. The lowest BCUT2D eigenvalue weighted by atomic mass is 10.0. The van der Waals surface area contributed by atoms with Crippen LogP contribution >= 0.6 is 0 Å². The van der Waals surface area contributed by atoms with Gasteiger partial charge in [-0.2, -0.15) is 0 Å². The monoisotopic (exact) mass is 310 g/mol. The van der Waals surface area contributed by atoms with Crippen molar-refractivity contribution >= 4 is 17.8 Å². The number of phenolic OH excluding ortho intramolecular Hbond substituents is 1. The second-order valence-corrected chi connectivity index (χ2v) is 5.19. The Labute approximate surface area is 132 Å². The van der Waals surface area contributed by atoms with Gasteiger partial charge in [-0.1, -0.05) is 12.1 Å². The zero-order valence-electron chi connectivity index (χ0n) is 12.6. The third kappa shape index (κ3) is 2.68. The van der Waals surface area contributed by atoms with Crippen LogP contribution in [0.5, 0.6) is 11.5 Å². The predicted octanol–water partition coefficient (Wildman–Crippen LogP) is 3.10. The minimum atomic E-state index is -0.420. The molecule has 23 heavy (non-hydrogen) atoms. The molecule has 0 spiro atoms. The number of allylic oxidation sites excluding steroid dienone is 1. The standard InChI is InChI=1S/C18H14O5/c1-10-7-13(19)9-14-16(10)17(20)15(23-14)8-11-3-5-12(6-4-11)18(21)22-2/h3-9,19H,1-2H3. The first-order valence-electron chi connectivity index (χ1n) is 6.96. The molecule has 5 heteroatoms. The first kappa shape index (κ1) is 14.8. The van der Waals surface area contributed by atoms with Gasteiger partial charge in [0, 0.05) is 6.07 Å². The number of ether oxygens (including phenoxy) is 2. The average molecular weight is 310 g/mol. The van der Waals surface area contributed by atoms with Crippen molar-refractivity contribution in [2.45, 2.75) is 6.92 Å². The summed E-state index contributed by atoms with van der Waals surface area (Å²) in [6, 6.07) is 9.56. The molecule has 5 nitrogen and oxygen atoms in total. The van der Waals surface area contributed by atoms with Crippen molar-refractivity contribution in [2.75, 3.05) is 7.11 Å². The van der Waals surface area contributed by atoms with Gasteiger partial charge in [-0.3, -0.25) is 4.79 Å². The van der Waals surface area contributed by atoms with Gasteiger partial charge in [-0.15, -0.1) is 0 Å². The van der Waals surface area contributed by atoms with Crippen LogP contribution in [-0.2, 0) is 4.74 Å². The van der Waals surface area contributed by atoms with E-state index in [4.69, 9.17) is 4.74 Å². The molecule has 0 unspecified atom stereocenters. The third-order valence-corrected chi connectivity index (χ3v) is 3.58. The second-order valence-electron chi connectivity index (χ2n) is 5.19. The highest BCUT2D eigenvalue weighted by atomic mass is 16.5. The first-order chi connectivity index (χ1) is 11.0. The summed E-state index contributed by atoms with van der Waals surface area (Å²) in [4.78, 5) is 23.8. The van der Waals surface area contributed by atoms with Crippen LogP contribution in [0.3, 0.4) is 0 Å². The van der Waals surface area contributed by atoms with E-state index in [2.05, 4.69) is 4.74 Å². The largest absolute Gasteiger partial charge is 0.508 e. The SMILES string of the molecule is COC(=O)c1ccc(C=C2Oc3cc(O)cc(C)c3C2=O)cc1. The van der Waals surface area contributed by atoms with E-state index in [1.54, 1.807) is 37.3 Å². The lowest BCUT2D eigenvalue weighted by Gasteiger charge is -2.01. The van der Waals surface area contributed by atoms with Gasteiger partial charge in [0.05, 0.1) is 18.2 Å². The molecule has 0 aliphatic carbocycles. The number of hydrogen-bond acceptors (Lipinski definition) is 5. The van der Waals surface area contributed by atoms with Crippen LogP contribution in [0.4, 0.5) is 0 Å². The maximum atomic E-state index is 12.4. The summed E-state index contributed by atoms with van der Waals surface area (Å²) in [6.45, 7) is 1.74. The van der Waals surface area contributed by atoms with E-state index < -0.39 is 5.97 Å². The van der Waals surface area contributed by atoms with E-state index in [1.807, 2.05) is 0 Å². The van der Waals surface area contributed by atoms with Crippen LogP contribution in [0.1, 0.15) is 31.8 Å². The van der Waals surface area contributed by atoms with Crippen molar-refractivity contribution < 1.29 is 24.2 Å². The molecule has 1 aliphatic rings. The minimum absolute atomic E-state index is 0.0535. The van der Waals surface area contributed by atoms with Crippen molar-refractivity contribution in [3.05, 3.63) is 64.4 Å². The number of benzene rings is 2. The average Bonchev–Trinajstić information content (AvgIpc) is 2.83. The quantitative estimate of drug-likeness (QED) is 0.681. The molecule has 2 aromatic carbocycles. The number of aryl methyl sites for hydroxylation is 1. The second kappa shape index (κ2) is 5.61. The fourth-order valence-corrected chi connectivity index (χ4v) is 2.48. The van der Waals surface area contributed by atoms with E-state index in [9.17, 15) is 14.7 Å². The molecule has 116 valence electrons. The Bertz CT molecular complexity index is 831. The van der Waals surface area contributed by atoms with Crippen molar-refractivity contribution in [2.24, 2.45) is 0 Å². The molecule has 1 heterocycles. The number of aromatic hydroxyl groups is 1. The Hall–Kier alpha value is -3.08. The molecule has 0 saturated carbocycles. The summed E-state index contributed by atoms with van der Waals surface area (Å²) in [5.74, 6) is -0.0624. The maximum absolute atomic E-state index is 12.4. The van der Waals surface area contributed by atoms with E-state index in [0.29, 0.717) is 22.4 Å². The van der Waals surface area contributed by atoms with Gasteiger partial charge in [0.1, 0.15) is 11.5 Å². The van der Waals surface area contributed by atoms with Crippen molar-refractivity contribution in [3.63, 3.8) is 0 Å². The molecule has 0 aromatic heterocycles. The number of ketones is 1. The first-order valence-corrected chi connectivity index (χ1v) is 6.96.